The first-order valence-electron chi connectivity index (χ1n) is 6.59. The molecule has 0 saturated carbocycles. The zero-order valence-electron chi connectivity index (χ0n) is 11.5. The van der Waals surface area contributed by atoms with Gasteiger partial charge in [0.05, 0.1) is 6.54 Å². The molecular weight excluding hydrogens is 271 g/mol. The normalized spacial score (nSPS) is 10.3. The molecule has 0 radical (unpaired) electrons. The molecule has 0 aliphatic carbocycles. The number of hydrogen-bond donors (Lipinski definition) is 2. The second-order valence-electron chi connectivity index (χ2n) is 4.63. The minimum Gasteiger partial charge on any atom is -0.489 e. The van der Waals surface area contributed by atoms with Gasteiger partial charge >= 0.3 is 0 Å². The number of rotatable bonds is 7. The summed E-state index contributed by atoms with van der Waals surface area (Å²) in [6, 6.07) is 13.8. The van der Waals surface area contributed by atoms with Gasteiger partial charge in [0.2, 0.25) is 5.91 Å². The Morgan fingerprint density at radius 1 is 1.14 bits per heavy atom. The molecule has 5 heteroatoms. The van der Waals surface area contributed by atoms with Crippen molar-refractivity contribution in [1.82, 2.24) is 5.32 Å². The topological polar surface area (TPSA) is 64.4 Å². The van der Waals surface area contributed by atoms with Crippen molar-refractivity contribution < 1.29 is 13.9 Å². The number of nitrogens with one attached hydrogen (secondary N) is 1. The van der Waals surface area contributed by atoms with E-state index in [2.05, 4.69) is 5.32 Å². The monoisotopic (exact) mass is 288 g/mol. The van der Waals surface area contributed by atoms with E-state index in [0.717, 1.165) is 11.1 Å². The molecule has 1 amide bonds. The average Bonchev–Trinajstić information content (AvgIpc) is 2.46. The summed E-state index contributed by atoms with van der Waals surface area (Å²) in [5.41, 5.74) is 7.07. The van der Waals surface area contributed by atoms with Gasteiger partial charge < -0.3 is 15.8 Å². The fourth-order valence-electron chi connectivity index (χ4n) is 1.81. The summed E-state index contributed by atoms with van der Waals surface area (Å²) in [5, 5.41) is 2.94. The number of carbonyl (C=O) groups excluding carboxylic acids is 1. The van der Waals surface area contributed by atoms with E-state index in [0.29, 0.717) is 18.9 Å². The standard InChI is InChI=1S/C16H17FN2O2/c17-14-2-1-3-15(8-14)21-11-13-6-4-12(5-7-13)9-19-10-16(18)20/h1-8,19H,9-11H2,(H2,18,20). The van der Waals surface area contributed by atoms with Crippen LogP contribution in [0.25, 0.3) is 0 Å². The number of nitrogens with two attached hydrogens (primary N) is 1. The number of carbonyl (C=O) groups is 1. The third kappa shape index (κ3) is 5.24. The van der Waals surface area contributed by atoms with E-state index < -0.39 is 0 Å². The second kappa shape index (κ2) is 7.40. The van der Waals surface area contributed by atoms with Crippen LogP contribution in [0.1, 0.15) is 11.1 Å². The van der Waals surface area contributed by atoms with Crippen LogP contribution in [0.4, 0.5) is 4.39 Å². The molecule has 2 rings (SSSR count). The lowest BCUT2D eigenvalue weighted by molar-refractivity contribution is -0.117. The minimum absolute atomic E-state index is 0.157. The largest absolute Gasteiger partial charge is 0.489 e. The Bertz CT molecular complexity index is 599. The average molecular weight is 288 g/mol. The highest BCUT2D eigenvalue weighted by Gasteiger charge is 1.99. The molecule has 0 heterocycles. The number of hydrogen-bond acceptors (Lipinski definition) is 3. The van der Waals surface area contributed by atoms with Gasteiger partial charge in [-0.2, -0.15) is 0 Å². The first-order valence-corrected chi connectivity index (χ1v) is 6.59. The summed E-state index contributed by atoms with van der Waals surface area (Å²) in [6.45, 7) is 1.11. The van der Waals surface area contributed by atoms with Crippen LogP contribution >= 0.6 is 0 Å². The zero-order chi connectivity index (χ0) is 15.1. The summed E-state index contributed by atoms with van der Waals surface area (Å²) in [4.78, 5) is 10.6. The smallest absolute Gasteiger partial charge is 0.231 e. The van der Waals surface area contributed by atoms with Crippen LogP contribution in [0, 0.1) is 5.82 Å². The molecule has 21 heavy (non-hydrogen) atoms. The van der Waals surface area contributed by atoms with E-state index in [1.165, 1.54) is 12.1 Å². The zero-order valence-corrected chi connectivity index (χ0v) is 11.5. The Morgan fingerprint density at radius 2 is 1.86 bits per heavy atom. The molecule has 0 saturated heterocycles. The molecule has 2 aromatic rings. The van der Waals surface area contributed by atoms with E-state index in [-0.39, 0.29) is 18.3 Å². The van der Waals surface area contributed by atoms with E-state index in [1.54, 1.807) is 12.1 Å². The van der Waals surface area contributed by atoms with Crippen molar-refractivity contribution in [3.05, 3.63) is 65.5 Å². The molecule has 0 aromatic heterocycles. The number of ether oxygens (including phenoxy) is 1. The molecule has 3 N–H and O–H groups in total. The predicted molar refractivity (Wildman–Crippen MR) is 78.1 cm³/mol. The van der Waals surface area contributed by atoms with Gasteiger partial charge in [0.15, 0.2) is 0 Å². The Labute approximate surface area is 122 Å². The van der Waals surface area contributed by atoms with Gasteiger partial charge in [-0.15, -0.1) is 0 Å². The summed E-state index contributed by atoms with van der Waals surface area (Å²) in [7, 11) is 0. The van der Waals surface area contributed by atoms with Crippen molar-refractivity contribution in [2.75, 3.05) is 6.54 Å². The van der Waals surface area contributed by atoms with Crippen molar-refractivity contribution in [1.29, 1.82) is 0 Å². The lowest BCUT2D eigenvalue weighted by Gasteiger charge is -2.07. The molecule has 0 aliphatic rings. The lowest BCUT2D eigenvalue weighted by atomic mass is 10.1. The van der Waals surface area contributed by atoms with Gasteiger partial charge in [0.1, 0.15) is 18.2 Å². The summed E-state index contributed by atoms with van der Waals surface area (Å²) in [5.74, 6) is -0.194. The predicted octanol–water partition coefficient (Wildman–Crippen LogP) is 1.98. The van der Waals surface area contributed by atoms with E-state index in [4.69, 9.17) is 10.5 Å². The second-order valence-corrected chi connectivity index (χ2v) is 4.63. The van der Waals surface area contributed by atoms with Gasteiger partial charge in [-0.3, -0.25) is 4.79 Å². The maximum absolute atomic E-state index is 13.0. The summed E-state index contributed by atoms with van der Waals surface area (Å²) < 4.78 is 18.5. The number of primary amides is 1. The van der Waals surface area contributed by atoms with Gasteiger partial charge in [0, 0.05) is 12.6 Å². The third-order valence-electron chi connectivity index (χ3n) is 2.85. The molecular formula is C16H17FN2O2. The van der Waals surface area contributed by atoms with Crippen LogP contribution < -0.4 is 15.8 Å². The molecule has 4 nitrogen and oxygen atoms in total. The van der Waals surface area contributed by atoms with Crippen molar-refractivity contribution in [2.24, 2.45) is 5.73 Å². The maximum Gasteiger partial charge on any atom is 0.231 e. The van der Waals surface area contributed by atoms with Crippen LogP contribution in [0.3, 0.4) is 0 Å². The molecule has 0 unspecified atom stereocenters. The fourth-order valence-corrected chi connectivity index (χ4v) is 1.81. The van der Waals surface area contributed by atoms with Crippen molar-refractivity contribution in [3.63, 3.8) is 0 Å². The van der Waals surface area contributed by atoms with Crippen molar-refractivity contribution in [3.8, 4) is 5.75 Å². The van der Waals surface area contributed by atoms with Gasteiger partial charge in [-0.25, -0.2) is 4.39 Å². The van der Waals surface area contributed by atoms with Crippen LogP contribution in [-0.4, -0.2) is 12.5 Å². The quantitative estimate of drug-likeness (QED) is 0.819. The first kappa shape index (κ1) is 15.0. The molecule has 0 aliphatic heterocycles. The van der Waals surface area contributed by atoms with E-state index in [9.17, 15) is 9.18 Å². The highest BCUT2D eigenvalue weighted by Crippen LogP contribution is 2.14. The molecule has 0 atom stereocenters. The summed E-state index contributed by atoms with van der Waals surface area (Å²) >= 11 is 0. The molecule has 0 fully saturated rings. The van der Waals surface area contributed by atoms with Crippen LogP contribution in [-0.2, 0) is 17.9 Å². The Hall–Kier alpha value is -2.40. The van der Waals surface area contributed by atoms with Gasteiger partial charge in [-0.1, -0.05) is 30.3 Å². The van der Waals surface area contributed by atoms with Crippen LogP contribution in [0.15, 0.2) is 48.5 Å². The fraction of sp³-hybridized carbons (Fsp3) is 0.188. The van der Waals surface area contributed by atoms with Gasteiger partial charge in [-0.05, 0) is 23.3 Å². The molecule has 0 spiro atoms. The maximum atomic E-state index is 13.0. The van der Waals surface area contributed by atoms with Crippen LogP contribution in [0.5, 0.6) is 5.75 Å². The highest BCUT2D eigenvalue weighted by atomic mass is 19.1. The third-order valence-corrected chi connectivity index (χ3v) is 2.85. The summed E-state index contributed by atoms with van der Waals surface area (Å²) in [6.07, 6.45) is 0. The Morgan fingerprint density at radius 3 is 2.52 bits per heavy atom. The Balaban J connectivity index is 1.83. The number of halogens is 1. The highest BCUT2D eigenvalue weighted by molar-refractivity contribution is 5.75. The van der Waals surface area contributed by atoms with Crippen molar-refractivity contribution >= 4 is 5.91 Å². The first-order chi connectivity index (χ1) is 10.1. The van der Waals surface area contributed by atoms with Crippen LogP contribution in [0.2, 0.25) is 0 Å². The van der Waals surface area contributed by atoms with E-state index >= 15 is 0 Å². The number of benzene rings is 2. The van der Waals surface area contributed by atoms with E-state index in [1.807, 2.05) is 24.3 Å². The minimum atomic E-state index is -0.380. The lowest BCUT2D eigenvalue weighted by Crippen LogP contribution is -2.28. The number of amides is 1. The molecule has 110 valence electrons. The van der Waals surface area contributed by atoms with Gasteiger partial charge in [0.25, 0.3) is 0 Å². The van der Waals surface area contributed by atoms with Crippen molar-refractivity contribution in [2.45, 2.75) is 13.2 Å². The molecule has 2 aromatic carbocycles. The Kier molecular flexibility index (Phi) is 5.29. The molecule has 0 bridgehead atoms. The SMILES string of the molecule is NC(=O)CNCc1ccc(COc2cccc(F)c2)cc1.